The van der Waals surface area contributed by atoms with Crippen LogP contribution < -0.4 is 5.32 Å². The summed E-state index contributed by atoms with van der Waals surface area (Å²) >= 11 is 0. The van der Waals surface area contributed by atoms with E-state index in [4.69, 9.17) is 0 Å². The molecule has 218 valence electrons. The predicted octanol–water partition coefficient (Wildman–Crippen LogP) is 4.58. The van der Waals surface area contributed by atoms with E-state index in [1.807, 2.05) is 20.8 Å². The first-order valence-electron chi connectivity index (χ1n) is 14.9. The van der Waals surface area contributed by atoms with E-state index in [0.717, 1.165) is 76.2 Å². The second-order valence-electron chi connectivity index (χ2n) is 11.6. The number of aromatic hydroxyl groups is 2. The molecule has 3 N–H and O–H groups in total. The number of hydrogen-bond donors (Lipinski definition) is 3. The molecular formula is C32H46N4O4. The van der Waals surface area contributed by atoms with Crippen LogP contribution in [0.15, 0.2) is 30.3 Å². The van der Waals surface area contributed by atoms with Crippen molar-refractivity contribution in [3.8, 4) is 11.5 Å². The number of phenolic OH excluding ortho intramolecular Hbond substituents is 2. The number of rotatable bonds is 12. The number of fused-ring (bicyclic) bond motifs is 1. The summed E-state index contributed by atoms with van der Waals surface area (Å²) < 4.78 is 0. The molecule has 1 saturated heterocycles. The van der Waals surface area contributed by atoms with Gasteiger partial charge in [0, 0.05) is 64.8 Å². The number of piperazine rings is 1. The summed E-state index contributed by atoms with van der Waals surface area (Å²) in [5.74, 6) is -0.165. The minimum Gasteiger partial charge on any atom is -0.508 e. The van der Waals surface area contributed by atoms with Crippen molar-refractivity contribution in [1.29, 1.82) is 0 Å². The molecule has 0 radical (unpaired) electrons. The Balaban J connectivity index is 1.21. The normalized spacial score (nSPS) is 15.9. The van der Waals surface area contributed by atoms with Gasteiger partial charge in [-0.15, -0.1) is 0 Å². The highest BCUT2D eigenvalue weighted by atomic mass is 16.3. The van der Waals surface area contributed by atoms with Crippen molar-refractivity contribution in [1.82, 2.24) is 20.0 Å². The van der Waals surface area contributed by atoms with E-state index in [2.05, 4.69) is 33.3 Å². The molecule has 2 aromatic carbocycles. The lowest BCUT2D eigenvalue weighted by atomic mass is 9.98. The van der Waals surface area contributed by atoms with Gasteiger partial charge in [-0.25, -0.2) is 0 Å². The summed E-state index contributed by atoms with van der Waals surface area (Å²) in [6.07, 6.45) is 4.89. The van der Waals surface area contributed by atoms with Gasteiger partial charge >= 0.3 is 0 Å². The Morgan fingerprint density at radius 2 is 1.62 bits per heavy atom. The predicted molar refractivity (Wildman–Crippen MR) is 157 cm³/mol. The van der Waals surface area contributed by atoms with Gasteiger partial charge < -0.3 is 25.3 Å². The topological polar surface area (TPSA) is 96.4 Å². The lowest BCUT2D eigenvalue weighted by Crippen LogP contribution is -2.46. The van der Waals surface area contributed by atoms with Crippen LogP contribution in [0, 0.1) is 0 Å². The number of unbranched alkanes of at least 4 members (excludes halogenated alkanes) is 2. The van der Waals surface area contributed by atoms with Crippen molar-refractivity contribution in [2.45, 2.75) is 78.4 Å². The van der Waals surface area contributed by atoms with Crippen molar-refractivity contribution < 1.29 is 19.8 Å². The van der Waals surface area contributed by atoms with Crippen LogP contribution >= 0.6 is 0 Å². The molecule has 0 saturated carbocycles. The molecule has 8 nitrogen and oxygen atoms in total. The summed E-state index contributed by atoms with van der Waals surface area (Å²) in [5.41, 5.74) is 4.48. The highest BCUT2D eigenvalue weighted by Gasteiger charge is 2.28. The molecule has 2 aromatic rings. The molecule has 1 fully saturated rings. The lowest BCUT2D eigenvalue weighted by Gasteiger charge is -2.34. The fourth-order valence-corrected chi connectivity index (χ4v) is 5.70. The maximum Gasteiger partial charge on any atom is 0.258 e. The summed E-state index contributed by atoms with van der Waals surface area (Å²) in [6, 6.07) is 9.44. The van der Waals surface area contributed by atoms with Crippen molar-refractivity contribution in [3.05, 3.63) is 58.1 Å². The molecule has 8 heteroatoms. The molecule has 2 aliphatic heterocycles. The van der Waals surface area contributed by atoms with E-state index in [9.17, 15) is 19.8 Å². The zero-order valence-electron chi connectivity index (χ0n) is 24.4. The van der Waals surface area contributed by atoms with Crippen LogP contribution in [0.2, 0.25) is 0 Å². The van der Waals surface area contributed by atoms with Gasteiger partial charge in [0.15, 0.2) is 0 Å². The Morgan fingerprint density at radius 1 is 0.900 bits per heavy atom. The molecule has 40 heavy (non-hydrogen) atoms. The Labute approximate surface area is 239 Å². The van der Waals surface area contributed by atoms with Gasteiger partial charge in [0.2, 0.25) is 5.91 Å². The zero-order valence-corrected chi connectivity index (χ0v) is 24.4. The minimum absolute atomic E-state index is 0.0173. The average molecular weight is 551 g/mol. The van der Waals surface area contributed by atoms with Crippen LogP contribution in [-0.4, -0.2) is 76.0 Å². The molecular weight excluding hydrogens is 504 g/mol. The first kappa shape index (κ1) is 29.9. The number of carbonyl (C=O) groups excluding carboxylic acids is 2. The molecule has 0 aromatic heterocycles. The number of carbonyl (C=O) groups is 2. The molecule has 0 atom stereocenters. The Morgan fingerprint density at radius 3 is 2.35 bits per heavy atom. The van der Waals surface area contributed by atoms with Gasteiger partial charge in [-0.2, -0.15) is 0 Å². The summed E-state index contributed by atoms with van der Waals surface area (Å²) in [5, 5.41) is 23.5. The number of nitrogens with zero attached hydrogens (tertiary/aromatic N) is 3. The molecule has 0 unspecified atom stereocenters. The number of benzene rings is 2. The van der Waals surface area contributed by atoms with Gasteiger partial charge in [-0.1, -0.05) is 45.4 Å². The van der Waals surface area contributed by atoms with Gasteiger partial charge in [-0.05, 0) is 60.0 Å². The first-order chi connectivity index (χ1) is 19.2. The maximum absolute atomic E-state index is 13.3. The summed E-state index contributed by atoms with van der Waals surface area (Å²) in [7, 11) is 0. The van der Waals surface area contributed by atoms with E-state index >= 15 is 0 Å². The molecule has 0 bridgehead atoms. The van der Waals surface area contributed by atoms with Crippen LogP contribution in [0.1, 0.15) is 91.4 Å². The Bertz CT molecular complexity index is 1170. The quantitative estimate of drug-likeness (QED) is 0.335. The van der Waals surface area contributed by atoms with Crippen LogP contribution in [-0.2, 0) is 24.4 Å². The summed E-state index contributed by atoms with van der Waals surface area (Å²) in [6.45, 7) is 14.0. The Hall–Kier alpha value is -3.10. The highest BCUT2D eigenvalue weighted by Crippen LogP contribution is 2.34. The Kier molecular flexibility index (Phi) is 10.5. The van der Waals surface area contributed by atoms with Gasteiger partial charge in [0.05, 0.1) is 5.56 Å². The standard InChI is InChI=1S/C32H46N4O4/c1-4-8-31(39)33-11-6-5-7-12-34-13-15-35(16-14-34)20-24-9-10-25-21-36(22-26(25)17-24)32(40)28-18-27(23(2)3)29(37)19-30(28)38/h9-10,17-19,23,37-38H,4-8,11-16,20-22H2,1-3H3,(H,33,39). The van der Waals surface area contributed by atoms with E-state index in [1.54, 1.807) is 11.0 Å². The molecule has 4 rings (SSSR count). The van der Waals surface area contributed by atoms with Gasteiger partial charge in [-0.3, -0.25) is 14.5 Å². The van der Waals surface area contributed by atoms with Crippen molar-refractivity contribution >= 4 is 11.8 Å². The number of phenols is 2. The number of nitrogens with one attached hydrogen (secondary N) is 1. The second-order valence-corrected chi connectivity index (χ2v) is 11.6. The smallest absolute Gasteiger partial charge is 0.258 e. The van der Waals surface area contributed by atoms with Crippen LogP contribution in [0.3, 0.4) is 0 Å². The highest BCUT2D eigenvalue weighted by molar-refractivity contribution is 5.97. The molecule has 0 aliphatic carbocycles. The largest absolute Gasteiger partial charge is 0.508 e. The van der Waals surface area contributed by atoms with Crippen LogP contribution in [0.25, 0.3) is 0 Å². The van der Waals surface area contributed by atoms with E-state index in [0.29, 0.717) is 25.1 Å². The third kappa shape index (κ3) is 7.76. The van der Waals surface area contributed by atoms with Gasteiger partial charge in [0.25, 0.3) is 5.91 Å². The second kappa shape index (κ2) is 14.0. The third-order valence-corrected chi connectivity index (χ3v) is 8.10. The molecule has 2 amide bonds. The maximum atomic E-state index is 13.3. The first-order valence-corrected chi connectivity index (χ1v) is 14.9. The average Bonchev–Trinajstić information content (AvgIpc) is 3.35. The zero-order chi connectivity index (χ0) is 28.6. The van der Waals surface area contributed by atoms with E-state index in [1.165, 1.54) is 18.1 Å². The van der Waals surface area contributed by atoms with Crippen LogP contribution in [0.5, 0.6) is 11.5 Å². The lowest BCUT2D eigenvalue weighted by molar-refractivity contribution is -0.121. The third-order valence-electron chi connectivity index (χ3n) is 8.10. The van der Waals surface area contributed by atoms with Gasteiger partial charge in [0.1, 0.15) is 11.5 Å². The van der Waals surface area contributed by atoms with E-state index < -0.39 is 0 Å². The van der Waals surface area contributed by atoms with E-state index in [-0.39, 0.29) is 34.8 Å². The van der Waals surface area contributed by atoms with Crippen molar-refractivity contribution in [2.75, 3.05) is 39.3 Å². The molecule has 0 spiro atoms. The van der Waals surface area contributed by atoms with Crippen molar-refractivity contribution in [2.24, 2.45) is 0 Å². The monoisotopic (exact) mass is 550 g/mol. The van der Waals surface area contributed by atoms with Crippen molar-refractivity contribution in [3.63, 3.8) is 0 Å². The SMILES string of the molecule is CCCC(=O)NCCCCCN1CCN(Cc2ccc3c(c2)CN(C(=O)c2cc(C(C)C)c(O)cc2O)C3)CC1. The number of amides is 2. The summed E-state index contributed by atoms with van der Waals surface area (Å²) in [4.78, 5) is 31.6. The molecule has 2 heterocycles. The fraction of sp³-hybridized carbons (Fsp3) is 0.562. The minimum atomic E-state index is -0.213. The number of hydrogen-bond acceptors (Lipinski definition) is 6. The molecule has 2 aliphatic rings. The van der Waals surface area contributed by atoms with Crippen LogP contribution in [0.4, 0.5) is 0 Å². The fourth-order valence-electron chi connectivity index (χ4n) is 5.70.